The number of ether oxygens (including phenoxy) is 1. The van der Waals surface area contributed by atoms with Crippen molar-refractivity contribution in [2.45, 2.75) is 13.5 Å². The van der Waals surface area contributed by atoms with Gasteiger partial charge in [-0.05, 0) is 54.5 Å². The number of phenolic OH excluding ortho intramolecular Hbond substituents is 1. The molecule has 2 heterocycles. The molecule has 1 fully saturated rings. The Morgan fingerprint density at radius 3 is 2.52 bits per heavy atom. The third-order valence-corrected chi connectivity index (χ3v) is 6.24. The van der Waals surface area contributed by atoms with Gasteiger partial charge in [-0.15, -0.1) is 0 Å². The Morgan fingerprint density at radius 2 is 1.79 bits per heavy atom. The molecule has 0 unspecified atom stereocenters. The van der Waals surface area contributed by atoms with Gasteiger partial charge in [0.05, 0.1) is 11.1 Å². The number of halogens is 1. The minimum absolute atomic E-state index is 0.122. The first kappa shape index (κ1) is 21.2. The van der Waals surface area contributed by atoms with Crippen LogP contribution < -0.4 is 9.64 Å². The minimum atomic E-state index is -0.378. The van der Waals surface area contributed by atoms with Crippen molar-refractivity contribution in [1.29, 1.82) is 0 Å². The molecule has 2 aliphatic heterocycles. The third kappa shape index (κ3) is 4.22. The fraction of sp³-hybridized carbons (Fsp3) is 0.222. The fourth-order valence-corrected chi connectivity index (χ4v) is 4.51. The van der Waals surface area contributed by atoms with Crippen LogP contribution in [0.5, 0.6) is 11.5 Å². The highest BCUT2D eigenvalue weighted by molar-refractivity contribution is 6.15. The van der Waals surface area contributed by atoms with Crippen molar-refractivity contribution in [3.8, 4) is 11.5 Å². The SMILES string of the molecule is Cc1cc(O)c(CN2CCN(c3ccccc3)CC2)c2c1C(=O)/C(=C/c1cccc(F)c1)O2. The van der Waals surface area contributed by atoms with Crippen molar-refractivity contribution in [1.82, 2.24) is 4.90 Å². The van der Waals surface area contributed by atoms with Gasteiger partial charge in [-0.25, -0.2) is 4.39 Å². The normalized spacial score (nSPS) is 17.3. The molecule has 0 atom stereocenters. The van der Waals surface area contributed by atoms with E-state index < -0.39 is 0 Å². The monoisotopic (exact) mass is 444 g/mol. The number of fused-ring (bicyclic) bond motifs is 1. The van der Waals surface area contributed by atoms with Crippen LogP contribution >= 0.6 is 0 Å². The zero-order valence-electron chi connectivity index (χ0n) is 18.4. The molecule has 3 aromatic carbocycles. The van der Waals surface area contributed by atoms with E-state index in [1.807, 2.05) is 18.2 Å². The lowest BCUT2D eigenvalue weighted by Crippen LogP contribution is -2.46. The topological polar surface area (TPSA) is 53.0 Å². The number of hydrogen-bond donors (Lipinski definition) is 1. The molecule has 168 valence electrons. The van der Waals surface area contributed by atoms with Gasteiger partial charge in [0.1, 0.15) is 17.3 Å². The van der Waals surface area contributed by atoms with Gasteiger partial charge < -0.3 is 14.7 Å². The molecule has 33 heavy (non-hydrogen) atoms. The van der Waals surface area contributed by atoms with E-state index in [2.05, 4.69) is 21.9 Å². The smallest absolute Gasteiger partial charge is 0.232 e. The first-order valence-electron chi connectivity index (χ1n) is 11.1. The maximum atomic E-state index is 13.6. The summed E-state index contributed by atoms with van der Waals surface area (Å²) >= 11 is 0. The molecule has 0 aliphatic carbocycles. The Hall–Kier alpha value is -3.64. The van der Waals surface area contributed by atoms with Crippen molar-refractivity contribution in [3.63, 3.8) is 0 Å². The predicted molar refractivity (Wildman–Crippen MR) is 126 cm³/mol. The highest BCUT2D eigenvalue weighted by Crippen LogP contribution is 2.42. The Labute approximate surface area is 192 Å². The van der Waals surface area contributed by atoms with Gasteiger partial charge in [-0.3, -0.25) is 9.69 Å². The van der Waals surface area contributed by atoms with Gasteiger partial charge in [0.2, 0.25) is 5.78 Å². The zero-order valence-corrected chi connectivity index (χ0v) is 18.4. The molecule has 0 amide bonds. The summed E-state index contributed by atoms with van der Waals surface area (Å²) < 4.78 is 19.6. The number of ketones is 1. The van der Waals surface area contributed by atoms with E-state index in [-0.39, 0.29) is 23.1 Å². The largest absolute Gasteiger partial charge is 0.507 e. The number of carbonyl (C=O) groups is 1. The number of anilines is 1. The molecule has 2 aliphatic rings. The molecule has 5 nitrogen and oxygen atoms in total. The van der Waals surface area contributed by atoms with E-state index in [0.717, 1.165) is 26.2 Å². The number of carbonyl (C=O) groups excluding carboxylic acids is 1. The van der Waals surface area contributed by atoms with Crippen LogP contribution in [0.25, 0.3) is 6.08 Å². The third-order valence-electron chi connectivity index (χ3n) is 6.24. The van der Waals surface area contributed by atoms with Gasteiger partial charge in [0.25, 0.3) is 0 Å². The molecule has 0 spiro atoms. The van der Waals surface area contributed by atoms with E-state index in [4.69, 9.17) is 4.74 Å². The van der Waals surface area contributed by atoms with Gasteiger partial charge >= 0.3 is 0 Å². The van der Waals surface area contributed by atoms with Crippen molar-refractivity contribution < 1.29 is 19.0 Å². The average molecular weight is 445 g/mol. The van der Waals surface area contributed by atoms with Crippen LogP contribution in [0.4, 0.5) is 10.1 Å². The second kappa shape index (κ2) is 8.71. The number of para-hydroxylation sites is 1. The number of Topliss-reactive ketones (excluding diaryl/α,β-unsaturated/α-hetero) is 1. The molecular formula is C27H25FN2O3. The molecule has 0 aromatic heterocycles. The van der Waals surface area contributed by atoms with E-state index in [0.29, 0.717) is 34.5 Å². The summed E-state index contributed by atoms with van der Waals surface area (Å²) in [5.41, 5.74) is 3.49. The van der Waals surface area contributed by atoms with Gasteiger partial charge in [0, 0.05) is 38.4 Å². The molecule has 6 heteroatoms. The van der Waals surface area contributed by atoms with Crippen LogP contribution in [0.2, 0.25) is 0 Å². The average Bonchev–Trinajstić information content (AvgIpc) is 3.14. The highest BCUT2D eigenvalue weighted by atomic mass is 19.1. The molecular weight excluding hydrogens is 419 g/mol. The summed E-state index contributed by atoms with van der Waals surface area (Å²) in [4.78, 5) is 17.7. The number of aryl methyl sites for hydroxylation is 1. The van der Waals surface area contributed by atoms with Gasteiger partial charge in [0.15, 0.2) is 5.76 Å². The number of piperazine rings is 1. The Balaban J connectivity index is 1.37. The first-order chi connectivity index (χ1) is 16.0. The van der Waals surface area contributed by atoms with Gasteiger partial charge in [-0.1, -0.05) is 30.3 Å². The lowest BCUT2D eigenvalue weighted by Gasteiger charge is -2.36. The number of nitrogens with zero attached hydrogens (tertiary/aromatic N) is 2. The summed E-state index contributed by atoms with van der Waals surface area (Å²) in [5.74, 6) is 0.0417. The van der Waals surface area contributed by atoms with Crippen molar-refractivity contribution >= 4 is 17.5 Å². The maximum Gasteiger partial charge on any atom is 0.232 e. The summed E-state index contributed by atoms with van der Waals surface area (Å²) in [7, 11) is 0. The number of rotatable bonds is 4. The quantitative estimate of drug-likeness (QED) is 0.587. The first-order valence-corrected chi connectivity index (χ1v) is 11.1. The number of aromatic hydroxyl groups is 1. The highest BCUT2D eigenvalue weighted by Gasteiger charge is 2.34. The maximum absolute atomic E-state index is 13.6. The second-order valence-electron chi connectivity index (χ2n) is 8.49. The lowest BCUT2D eigenvalue weighted by atomic mass is 9.99. The van der Waals surface area contributed by atoms with E-state index in [9.17, 15) is 14.3 Å². The molecule has 3 aromatic rings. The second-order valence-corrected chi connectivity index (χ2v) is 8.49. The molecule has 5 rings (SSSR count). The summed E-state index contributed by atoms with van der Waals surface area (Å²) in [6, 6.07) is 18.0. The van der Waals surface area contributed by atoms with E-state index in [1.165, 1.54) is 17.8 Å². The predicted octanol–water partition coefficient (Wildman–Crippen LogP) is 4.78. The lowest BCUT2D eigenvalue weighted by molar-refractivity contribution is 0.101. The summed E-state index contributed by atoms with van der Waals surface area (Å²) in [5, 5.41) is 10.7. The zero-order chi connectivity index (χ0) is 22.9. The minimum Gasteiger partial charge on any atom is -0.507 e. The Kier molecular flexibility index (Phi) is 5.60. The molecule has 0 radical (unpaired) electrons. The Bertz CT molecular complexity index is 1230. The number of hydrogen-bond acceptors (Lipinski definition) is 5. The summed E-state index contributed by atoms with van der Waals surface area (Å²) in [6.07, 6.45) is 1.55. The van der Waals surface area contributed by atoms with Gasteiger partial charge in [-0.2, -0.15) is 0 Å². The molecule has 0 bridgehead atoms. The van der Waals surface area contributed by atoms with Crippen LogP contribution in [0, 0.1) is 12.7 Å². The van der Waals surface area contributed by atoms with Crippen LogP contribution in [0.15, 0.2) is 66.4 Å². The fourth-order valence-electron chi connectivity index (χ4n) is 4.51. The number of phenols is 1. The van der Waals surface area contributed by atoms with Crippen LogP contribution in [-0.4, -0.2) is 42.0 Å². The van der Waals surface area contributed by atoms with E-state index >= 15 is 0 Å². The molecule has 1 N–H and O–H groups in total. The number of allylic oxidation sites excluding steroid dienone is 1. The van der Waals surface area contributed by atoms with Crippen molar-refractivity contribution in [2.24, 2.45) is 0 Å². The van der Waals surface area contributed by atoms with Crippen LogP contribution in [-0.2, 0) is 6.54 Å². The summed E-state index contributed by atoms with van der Waals surface area (Å²) in [6.45, 7) is 5.69. The van der Waals surface area contributed by atoms with Crippen LogP contribution in [0.3, 0.4) is 0 Å². The number of benzene rings is 3. The van der Waals surface area contributed by atoms with Crippen molar-refractivity contribution in [3.05, 3.63) is 94.5 Å². The van der Waals surface area contributed by atoms with Crippen molar-refractivity contribution in [2.75, 3.05) is 31.1 Å². The van der Waals surface area contributed by atoms with E-state index in [1.54, 1.807) is 31.2 Å². The molecule has 0 saturated carbocycles. The molecule has 1 saturated heterocycles. The standard InChI is InChI=1S/C27H25FN2O3/c1-18-14-23(31)22(17-29-10-12-30(13-11-29)21-8-3-2-4-9-21)27-25(18)26(32)24(33-27)16-19-6-5-7-20(28)15-19/h2-9,14-16,31H,10-13,17H2,1H3/b24-16-. The van der Waals surface area contributed by atoms with Crippen LogP contribution in [0.1, 0.15) is 27.0 Å². The Morgan fingerprint density at radius 1 is 1.03 bits per heavy atom.